The van der Waals surface area contributed by atoms with Crippen LogP contribution in [0.2, 0.25) is 0 Å². The van der Waals surface area contributed by atoms with Gasteiger partial charge in [-0.2, -0.15) is 4.31 Å². The van der Waals surface area contributed by atoms with Crippen molar-refractivity contribution in [3.63, 3.8) is 0 Å². The van der Waals surface area contributed by atoms with Crippen molar-refractivity contribution in [3.05, 3.63) is 42.5 Å². The lowest BCUT2D eigenvalue weighted by molar-refractivity contribution is 0.0759. The third-order valence-corrected chi connectivity index (χ3v) is 6.87. The van der Waals surface area contributed by atoms with Gasteiger partial charge in [-0.05, 0) is 24.6 Å². The van der Waals surface area contributed by atoms with Crippen molar-refractivity contribution in [2.45, 2.75) is 11.4 Å². The zero-order valence-corrected chi connectivity index (χ0v) is 17.1. The van der Waals surface area contributed by atoms with Gasteiger partial charge in [0.2, 0.25) is 0 Å². The first kappa shape index (κ1) is 19.5. The van der Waals surface area contributed by atoms with Crippen molar-refractivity contribution in [3.8, 4) is 5.75 Å². The molecule has 2 aromatic heterocycles. The van der Waals surface area contributed by atoms with Gasteiger partial charge in [-0.3, -0.25) is 4.79 Å². The largest absolute Gasteiger partial charge is 0.497 e. The number of sulfonamides is 1. The van der Waals surface area contributed by atoms with Crippen LogP contribution in [0.4, 0.5) is 0 Å². The molecule has 1 N–H and O–H groups in total. The number of carbonyl (C=O) groups is 1. The third kappa shape index (κ3) is 3.73. The van der Waals surface area contributed by atoms with Gasteiger partial charge >= 0.3 is 0 Å². The summed E-state index contributed by atoms with van der Waals surface area (Å²) in [6.45, 7) is 1.40. The summed E-state index contributed by atoms with van der Waals surface area (Å²) in [6.07, 6.45) is 3.51. The van der Waals surface area contributed by atoms with E-state index in [1.54, 1.807) is 23.6 Å². The Bertz CT molecular complexity index is 1150. The van der Waals surface area contributed by atoms with Crippen molar-refractivity contribution in [2.75, 3.05) is 33.3 Å². The van der Waals surface area contributed by atoms with Crippen molar-refractivity contribution in [1.29, 1.82) is 0 Å². The van der Waals surface area contributed by atoms with Crippen molar-refractivity contribution < 1.29 is 17.9 Å². The second-order valence-corrected chi connectivity index (χ2v) is 8.95. The molecule has 0 saturated carbocycles. The van der Waals surface area contributed by atoms with E-state index in [0.29, 0.717) is 37.5 Å². The summed E-state index contributed by atoms with van der Waals surface area (Å²) in [7, 11) is -0.342. The normalized spacial score (nSPS) is 16.1. The van der Waals surface area contributed by atoms with Gasteiger partial charge < -0.3 is 19.2 Å². The number of aryl methyl sites for hydroxylation is 1. The molecule has 1 saturated heterocycles. The number of rotatable bonds is 4. The number of ether oxygens (including phenoxy) is 1. The van der Waals surface area contributed by atoms with Crippen LogP contribution < -0.4 is 4.74 Å². The van der Waals surface area contributed by atoms with E-state index in [1.807, 2.05) is 24.3 Å². The molecule has 29 heavy (non-hydrogen) atoms. The summed E-state index contributed by atoms with van der Waals surface area (Å²) in [5, 5.41) is 0.952. The van der Waals surface area contributed by atoms with Crippen LogP contribution in [0.25, 0.3) is 10.9 Å². The molecule has 1 amide bonds. The summed E-state index contributed by atoms with van der Waals surface area (Å²) in [5.74, 6) is 0.570. The SMILES string of the molecule is COc1ccc2cc(C(=O)N3CCCN(S(=O)(=O)c4cn(C)cn4)CC3)[nH]c2c1. The first-order chi connectivity index (χ1) is 13.9. The van der Waals surface area contributed by atoms with E-state index < -0.39 is 10.0 Å². The molecule has 1 aliphatic rings. The number of methoxy groups -OCH3 is 1. The second kappa shape index (κ2) is 7.53. The molecule has 0 spiro atoms. The van der Waals surface area contributed by atoms with Crippen LogP contribution in [-0.2, 0) is 17.1 Å². The fraction of sp³-hybridized carbons (Fsp3) is 0.368. The maximum Gasteiger partial charge on any atom is 0.270 e. The van der Waals surface area contributed by atoms with E-state index in [1.165, 1.54) is 16.8 Å². The number of aromatic amines is 1. The number of nitrogens with zero attached hydrogens (tertiary/aromatic N) is 4. The van der Waals surface area contributed by atoms with Crippen molar-refractivity contribution >= 4 is 26.8 Å². The standard InChI is InChI=1S/C19H23N5O4S/c1-22-12-18(20-13-22)29(26,27)24-7-3-6-23(8-9-24)19(25)17-10-14-4-5-15(28-2)11-16(14)21-17/h4-5,10-13,21H,3,6-9H2,1-2H3. The Morgan fingerprint density at radius 1 is 1.17 bits per heavy atom. The van der Waals surface area contributed by atoms with Crippen LogP contribution in [0, 0.1) is 0 Å². The smallest absolute Gasteiger partial charge is 0.270 e. The van der Waals surface area contributed by atoms with E-state index >= 15 is 0 Å². The van der Waals surface area contributed by atoms with Crippen LogP contribution >= 0.6 is 0 Å². The summed E-state index contributed by atoms with van der Waals surface area (Å²) in [6, 6.07) is 7.39. The van der Waals surface area contributed by atoms with Gasteiger partial charge in [-0.15, -0.1) is 0 Å². The average molecular weight is 417 g/mol. The van der Waals surface area contributed by atoms with Crippen LogP contribution in [0.5, 0.6) is 5.75 Å². The highest BCUT2D eigenvalue weighted by atomic mass is 32.2. The lowest BCUT2D eigenvalue weighted by atomic mass is 10.2. The number of hydrogen-bond acceptors (Lipinski definition) is 5. The molecule has 0 bridgehead atoms. The Balaban J connectivity index is 1.50. The summed E-state index contributed by atoms with van der Waals surface area (Å²) in [5.41, 5.74) is 1.30. The van der Waals surface area contributed by atoms with E-state index in [-0.39, 0.29) is 17.5 Å². The molecular weight excluding hydrogens is 394 g/mol. The molecule has 1 aromatic carbocycles. The maximum atomic E-state index is 13.0. The van der Waals surface area contributed by atoms with E-state index in [4.69, 9.17) is 4.74 Å². The molecule has 1 aliphatic heterocycles. The van der Waals surface area contributed by atoms with Crippen molar-refractivity contribution in [2.24, 2.45) is 7.05 Å². The van der Waals surface area contributed by atoms with Gasteiger partial charge in [-0.25, -0.2) is 13.4 Å². The highest BCUT2D eigenvalue weighted by Crippen LogP contribution is 2.23. The number of hydrogen-bond donors (Lipinski definition) is 1. The topological polar surface area (TPSA) is 101 Å². The minimum atomic E-state index is -3.66. The number of amides is 1. The minimum absolute atomic E-state index is 0.0318. The molecule has 4 rings (SSSR count). The number of nitrogens with one attached hydrogen (secondary N) is 1. The molecule has 3 aromatic rings. The molecule has 3 heterocycles. The Hall–Kier alpha value is -2.85. The third-order valence-electron chi connectivity index (χ3n) is 5.09. The van der Waals surface area contributed by atoms with Crippen LogP contribution in [0.3, 0.4) is 0 Å². The van der Waals surface area contributed by atoms with Gasteiger partial charge in [0.25, 0.3) is 15.9 Å². The van der Waals surface area contributed by atoms with Crippen LogP contribution in [0.1, 0.15) is 16.9 Å². The zero-order chi connectivity index (χ0) is 20.6. The number of aromatic nitrogens is 3. The summed E-state index contributed by atoms with van der Waals surface area (Å²) in [4.78, 5) is 21.8. The first-order valence-electron chi connectivity index (χ1n) is 9.32. The predicted molar refractivity (Wildman–Crippen MR) is 107 cm³/mol. The van der Waals surface area contributed by atoms with Gasteiger partial charge in [-0.1, -0.05) is 0 Å². The molecule has 0 unspecified atom stereocenters. The number of benzene rings is 1. The second-order valence-electron chi connectivity index (χ2n) is 7.06. The van der Waals surface area contributed by atoms with Crippen molar-refractivity contribution in [1.82, 2.24) is 23.7 Å². The fourth-order valence-corrected chi connectivity index (χ4v) is 4.95. The molecule has 1 fully saturated rings. The fourth-order valence-electron chi connectivity index (χ4n) is 3.51. The zero-order valence-electron chi connectivity index (χ0n) is 16.3. The number of imidazole rings is 1. The molecular formula is C19H23N5O4S. The van der Waals surface area contributed by atoms with Gasteiger partial charge in [0, 0.05) is 56.4 Å². The highest BCUT2D eigenvalue weighted by Gasteiger charge is 2.30. The summed E-state index contributed by atoms with van der Waals surface area (Å²) >= 11 is 0. The quantitative estimate of drug-likeness (QED) is 0.692. The lowest BCUT2D eigenvalue weighted by Crippen LogP contribution is -2.37. The number of fused-ring (bicyclic) bond motifs is 1. The van der Waals surface area contributed by atoms with E-state index in [0.717, 1.165) is 10.9 Å². The Morgan fingerprint density at radius 3 is 2.72 bits per heavy atom. The van der Waals surface area contributed by atoms with Gasteiger partial charge in [0.15, 0.2) is 5.03 Å². The lowest BCUT2D eigenvalue weighted by Gasteiger charge is -2.21. The Morgan fingerprint density at radius 2 is 2.00 bits per heavy atom. The Kier molecular flexibility index (Phi) is 5.05. The molecule has 154 valence electrons. The van der Waals surface area contributed by atoms with Crippen LogP contribution in [0.15, 0.2) is 41.8 Å². The molecule has 0 radical (unpaired) electrons. The van der Waals surface area contributed by atoms with Gasteiger partial charge in [0.1, 0.15) is 11.4 Å². The Labute approximate surface area is 168 Å². The monoisotopic (exact) mass is 417 g/mol. The van der Waals surface area contributed by atoms with E-state index in [2.05, 4.69) is 9.97 Å². The predicted octanol–water partition coefficient (Wildman–Crippen LogP) is 1.45. The van der Waals surface area contributed by atoms with E-state index in [9.17, 15) is 13.2 Å². The summed E-state index contributed by atoms with van der Waals surface area (Å²) < 4.78 is 33.8. The molecule has 0 atom stereocenters. The molecule has 10 heteroatoms. The highest BCUT2D eigenvalue weighted by molar-refractivity contribution is 7.89. The number of carbonyl (C=O) groups excluding carboxylic acids is 1. The van der Waals surface area contributed by atoms with Gasteiger partial charge in [0.05, 0.1) is 13.4 Å². The first-order valence-corrected chi connectivity index (χ1v) is 10.8. The number of H-pyrrole nitrogens is 1. The minimum Gasteiger partial charge on any atom is -0.497 e. The average Bonchev–Trinajstić information content (AvgIpc) is 3.25. The molecule has 9 nitrogen and oxygen atoms in total. The van der Waals surface area contributed by atoms with Crippen LogP contribution in [-0.4, -0.2) is 71.4 Å². The molecule has 0 aliphatic carbocycles. The maximum absolute atomic E-state index is 13.0.